The van der Waals surface area contributed by atoms with Gasteiger partial charge in [0.15, 0.2) is 0 Å². The second-order valence-electron chi connectivity index (χ2n) is 0.408. The molecule has 0 spiro atoms. The zero-order valence-corrected chi connectivity index (χ0v) is 3.22. The molecule has 0 aliphatic heterocycles. The molecule has 4 heavy (non-hydrogen) atoms. The van der Waals surface area contributed by atoms with Gasteiger partial charge in [-0.15, -0.1) is 0 Å². The van der Waals surface area contributed by atoms with Gasteiger partial charge >= 0.3 is 29.6 Å². The van der Waals surface area contributed by atoms with Crippen LogP contribution >= 0.6 is 11.8 Å². The van der Waals surface area contributed by atoms with E-state index in [0.29, 0.717) is 0 Å². The zero-order valence-electron chi connectivity index (χ0n) is 2.41. The van der Waals surface area contributed by atoms with Gasteiger partial charge in [-0.3, -0.25) is 0 Å². The molecule has 2 heteroatoms. The molecule has 0 atom stereocenters. The minimum atomic E-state index is 0. The summed E-state index contributed by atoms with van der Waals surface area (Å²) in [7, 11) is 0. The number of thioether (sulfide) groups is 1. The Kier molecular flexibility index (Phi) is 19.9. The predicted octanol–water partition coefficient (Wildman–Crippen LogP) is 0.331. The first-order chi connectivity index (χ1) is 1.41. The van der Waals surface area contributed by atoms with Crippen molar-refractivity contribution in [3.8, 4) is 0 Å². The molecule has 0 aliphatic carbocycles. The molecule has 0 nitrogen and oxygen atoms in total. The molecule has 0 bridgehead atoms. The van der Waals surface area contributed by atoms with Gasteiger partial charge in [-0.25, -0.2) is 0 Å². The van der Waals surface area contributed by atoms with Crippen molar-refractivity contribution >= 4 is 41.3 Å². The van der Waals surface area contributed by atoms with Crippen LogP contribution in [0.1, 0.15) is 0 Å². The van der Waals surface area contributed by atoms with Crippen LogP contribution in [0, 0.1) is 0 Å². The summed E-state index contributed by atoms with van der Waals surface area (Å²) in [6.45, 7) is 0. The van der Waals surface area contributed by atoms with E-state index in [1.807, 2.05) is 12.5 Å². The Morgan fingerprint density at radius 1 is 1.25 bits per heavy atom. The monoisotopic (exact) mass is 86.0 g/mol. The van der Waals surface area contributed by atoms with Gasteiger partial charge in [0.05, 0.1) is 0 Å². The second-order valence-corrected chi connectivity index (χ2v) is 1.22. The Bertz CT molecular complexity index is 6.00. The fourth-order valence-corrected chi connectivity index (χ4v) is 0. The molecule has 0 aromatic heterocycles. The molecule has 0 fully saturated rings. The number of rotatable bonds is 0. The summed E-state index contributed by atoms with van der Waals surface area (Å²) in [5.74, 6) is 0. The Labute approximate surface area is 53.6 Å². The van der Waals surface area contributed by atoms with Crippen LogP contribution in [-0.4, -0.2) is 42.1 Å². The Morgan fingerprint density at radius 3 is 1.25 bits per heavy atom. The fraction of sp³-hybridized carbons (Fsp3) is 1.00. The quantitative estimate of drug-likeness (QED) is 0.383. The van der Waals surface area contributed by atoms with E-state index in [-0.39, 0.29) is 29.6 Å². The van der Waals surface area contributed by atoms with E-state index < -0.39 is 0 Å². The van der Waals surface area contributed by atoms with Crippen LogP contribution in [0.2, 0.25) is 0 Å². The predicted molar refractivity (Wildman–Crippen MR) is 26.6 cm³/mol. The maximum atomic E-state index is 2.04. The van der Waals surface area contributed by atoms with Crippen molar-refractivity contribution in [1.82, 2.24) is 0 Å². The first kappa shape index (κ1) is 9.02. The van der Waals surface area contributed by atoms with Gasteiger partial charge in [0.2, 0.25) is 0 Å². The molecule has 22 valence electrons. The molecular weight excluding hydrogens is 79.1 g/mol. The van der Waals surface area contributed by atoms with Gasteiger partial charge in [0, 0.05) is 0 Å². The third-order valence-corrected chi connectivity index (χ3v) is 0. The van der Waals surface area contributed by atoms with Crippen molar-refractivity contribution in [3.05, 3.63) is 0 Å². The minimum absolute atomic E-state index is 0. The van der Waals surface area contributed by atoms with Crippen LogP contribution in [0.4, 0.5) is 0 Å². The Morgan fingerprint density at radius 2 is 1.25 bits per heavy atom. The summed E-state index contributed by atoms with van der Waals surface area (Å²) in [5, 5.41) is 0. The molecule has 0 aromatic carbocycles. The van der Waals surface area contributed by atoms with Crippen LogP contribution < -0.4 is 0 Å². The van der Waals surface area contributed by atoms with Crippen molar-refractivity contribution < 1.29 is 0 Å². The molecule has 0 heterocycles. The first-order valence-electron chi connectivity index (χ1n) is 0.816. The van der Waals surface area contributed by atoms with Crippen LogP contribution in [0.15, 0.2) is 0 Å². The van der Waals surface area contributed by atoms with Crippen molar-refractivity contribution in [2.45, 2.75) is 0 Å². The van der Waals surface area contributed by atoms with Crippen molar-refractivity contribution in [2.24, 2.45) is 0 Å². The average Bonchev–Trinajstić information content (AvgIpc) is 0.918. The van der Waals surface area contributed by atoms with Gasteiger partial charge < -0.3 is 0 Å². The van der Waals surface area contributed by atoms with Gasteiger partial charge in [-0.1, -0.05) is 0 Å². The Balaban J connectivity index is 0. The molecular formula is C2H7NaS. The molecule has 0 amide bonds. The summed E-state index contributed by atoms with van der Waals surface area (Å²) in [5.41, 5.74) is 0. The van der Waals surface area contributed by atoms with Crippen molar-refractivity contribution in [1.29, 1.82) is 0 Å². The van der Waals surface area contributed by atoms with Crippen LogP contribution in [0.25, 0.3) is 0 Å². The van der Waals surface area contributed by atoms with Gasteiger partial charge in [-0.05, 0) is 12.5 Å². The summed E-state index contributed by atoms with van der Waals surface area (Å²) in [4.78, 5) is 0. The zero-order chi connectivity index (χ0) is 2.71. The van der Waals surface area contributed by atoms with E-state index in [2.05, 4.69) is 0 Å². The molecule has 0 saturated heterocycles. The maximum absolute atomic E-state index is 2.04. The van der Waals surface area contributed by atoms with E-state index in [9.17, 15) is 0 Å². The topological polar surface area (TPSA) is 0 Å². The summed E-state index contributed by atoms with van der Waals surface area (Å²) in [6, 6.07) is 0. The van der Waals surface area contributed by atoms with E-state index >= 15 is 0 Å². The molecule has 0 unspecified atom stereocenters. The van der Waals surface area contributed by atoms with Gasteiger partial charge in [-0.2, -0.15) is 11.8 Å². The third-order valence-electron chi connectivity index (χ3n) is 0. The standard InChI is InChI=1S/C2H6S.Na.H/c1-3-2;;/h1-2H3;;. The van der Waals surface area contributed by atoms with Crippen molar-refractivity contribution in [3.63, 3.8) is 0 Å². The SMILES string of the molecule is CSC.[NaH]. The normalized spacial score (nSPS) is 4.50. The summed E-state index contributed by atoms with van der Waals surface area (Å²) >= 11 is 1.75. The van der Waals surface area contributed by atoms with E-state index in [1.54, 1.807) is 11.8 Å². The molecule has 0 rings (SSSR count). The van der Waals surface area contributed by atoms with E-state index in [0.717, 1.165) is 0 Å². The summed E-state index contributed by atoms with van der Waals surface area (Å²) in [6.07, 6.45) is 4.08. The van der Waals surface area contributed by atoms with Gasteiger partial charge in [0.1, 0.15) is 0 Å². The molecule has 0 aliphatic rings. The molecule has 0 saturated carbocycles. The second kappa shape index (κ2) is 8.84. The molecule has 0 N–H and O–H groups in total. The first-order valence-corrected chi connectivity index (χ1v) is 2.45. The average molecular weight is 86.1 g/mol. The molecule has 0 radical (unpaired) electrons. The van der Waals surface area contributed by atoms with Crippen LogP contribution in [0.3, 0.4) is 0 Å². The van der Waals surface area contributed by atoms with Crippen LogP contribution in [-0.2, 0) is 0 Å². The van der Waals surface area contributed by atoms with Crippen LogP contribution in [0.5, 0.6) is 0 Å². The number of hydrogen-bond acceptors (Lipinski definition) is 1. The van der Waals surface area contributed by atoms with E-state index in [4.69, 9.17) is 0 Å². The third kappa shape index (κ3) is 10.2. The van der Waals surface area contributed by atoms with E-state index in [1.165, 1.54) is 0 Å². The summed E-state index contributed by atoms with van der Waals surface area (Å²) < 4.78 is 0. The number of hydrogen-bond donors (Lipinski definition) is 0. The fourth-order valence-electron chi connectivity index (χ4n) is 0. The molecule has 0 aromatic rings. The van der Waals surface area contributed by atoms with Gasteiger partial charge in [0.25, 0.3) is 0 Å². The van der Waals surface area contributed by atoms with Crippen molar-refractivity contribution in [2.75, 3.05) is 12.5 Å². The Hall–Kier alpha value is 1.35.